The summed E-state index contributed by atoms with van der Waals surface area (Å²) < 4.78 is 39.7. The van der Waals surface area contributed by atoms with Crippen LogP contribution in [0.1, 0.15) is 5.56 Å². The summed E-state index contributed by atoms with van der Waals surface area (Å²) in [6.45, 7) is 0.0415. The minimum Gasteiger partial charge on any atom is -0.326 e. The van der Waals surface area contributed by atoms with E-state index in [-0.39, 0.29) is 21.7 Å². The van der Waals surface area contributed by atoms with Gasteiger partial charge in [-0.1, -0.05) is 0 Å². The summed E-state index contributed by atoms with van der Waals surface area (Å²) in [6, 6.07) is 3.79. The quantitative estimate of drug-likeness (QED) is 0.780. The lowest BCUT2D eigenvalue weighted by atomic mass is 10.3. The van der Waals surface area contributed by atoms with E-state index in [1.807, 2.05) is 0 Å². The molecule has 1 heterocycles. The van der Waals surface area contributed by atoms with E-state index in [4.69, 9.17) is 5.73 Å². The van der Waals surface area contributed by atoms with E-state index in [0.717, 1.165) is 6.07 Å². The van der Waals surface area contributed by atoms with Crippen LogP contribution in [-0.4, -0.2) is 18.6 Å². The molecule has 0 aliphatic carbocycles. The molecule has 102 valence electrons. The lowest BCUT2D eigenvalue weighted by Crippen LogP contribution is -2.16. The minimum atomic E-state index is -3.83. The molecule has 0 unspecified atom stereocenters. The van der Waals surface area contributed by atoms with Gasteiger partial charge in [-0.15, -0.1) is 0 Å². The first kappa shape index (κ1) is 14.0. The normalized spacial score (nSPS) is 11.5. The number of nitrogens with one attached hydrogen (secondary N) is 2. The molecule has 0 aliphatic rings. The van der Waals surface area contributed by atoms with E-state index in [2.05, 4.69) is 30.8 Å². The number of halogens is 2. The van der Waals surface area contributed by atoms with Crippen molar-refractivity contribution in [1.29, 1.82) is 0 Å². The van der Waals surface area contributed by atoms with E-state index in [0.29, 0.717) is 5.56 Å². The highest BCUT2D eigenvalue weighted by Gasteiger charge is 2.20. The average molecular weight is 349 g/mol. The molecule has 19 heavy (non-hydrogen) atoms. The molecule has 0 saturated carbocycles. The summed E-state index contributed by atoms with van der Waals surface area (Å²) in [4.78, 5) is 0. The SMILES string of the molecule is NCc1cn[nH]c1S(=O)(=O)Nc1ccc(F)c(Br)c1. The van der Waals surface area contributed by atoms with Crippen molar-refractivity contribution in [3.63, 3.8) is 0 Å². The third-order valence-corrected chi connectivity index (χ3v) is 4.34. The van der Waals surface area contributed by atoms with Crippen LogP contribution in [0.3, 0.4) is 0 Å². The molecule has 0 saturated heterocycles. The van der Waals surface area contributed by atoms with Crippen LogP contribution < -0.4 is 10.5 Å². The van der Waals surface area contributed by atoms with Crippen LogP contribution in [-0.2, 0) is 16.6 Å². The molecule has 4 N–H and O–H groups in total. The molecule has 9 heteroatoms. The van der Waals surface area contributed by atoms with Gasteiger partial charge in [-0.25, -0.2) is 4.39 Å². The van der Waals surface area contributed by atoms with Crippen LogP contribution in [0.15, 0.2) is 33.9 Å². The standard InChI is InChI=1S/C10H10BrFN4O2S/c11-8-3-7(1-2-9(8)12)16-19(17,18)10-6(4-13)5-14-15-10/h1-3,5,16H,4,13H2,(H,14,15). The summed E-state index contributed by atoms with van der Waals surface area (Å²) >= 11 is 2.98. The number of nitrogens with zero attached hydrogens (tertiary/aromatic N) is 1. The first-order valence-corrected chi connectivity index (χ1v) is 7.42. The highest BCUT2D eigenvalue weighted by Crippen LogP contribution is 2.22. The Hall–Kier alpha value is -1.45. The number of nitrogens with two attached hydrogens (primary N) is 1. The Labute approximate surface area is 117 Å². The first-order valence-electron chi connectivity index (χ1n) is 5.14. The lowest BCUT2D eigenvalue weighted by Gasteiger charge is -2.08. The number of sulfonamides is 1. The van der Waals surface area contributed by atoms with Gasteiger partial charge in [0, 0.05) is 12.1 Å². The fourth-order valence-corrected chi connectivity index (χ4v) is 3.02. The molecule has 6 nitrogen and oxygen atoms in total. The zero-order chi connectivity index (χ0) is 14.0. The van der Waals surface area contributed by atoms with E-state index >= 15 is 0 Å². The van der Waals surface area contributed by atoms with E-state index in [1.54, 1.807) is 0 Å². The molecule has 2 rings (SSSR count). The maximum atomic E-state index is 13.1. The highest BCUT2D eigenvalue weighted by molar-refractivity contribution is 9.10. The average Bonchev–Trinajstić information content (AvgIpc) is 2.82. The molecule has 0 spiro atoms. The number of hydrogen-bond acceptors (Lipinski definition) is 4. The number of hydrogen-bond donors (Lipinski definition) is 3. The van der Waals surface area contributed by atoms with Crippen molar-refractivity contribution >= 4 is 31.6 Å². The smallest absolute Gasteiger partial charge is 0.279 e. The van der Waals surface area contributed by atoms with E-state index in [1.165, 1.54) is 18.3 Å². The molecule has 1 aromatic heterocycles. The molecule has 0 amide bonds. The van der Waals surface area contributed by atoms with Crippen molar-refractivity contribution in [1.82, 2.24) is 10.2 Å². The van der Waals surface area contributed by atoms with E-state index in [9.17, 15) is 12.8 Å². The van der Waals surface area contributed by atoms with Gasteiger partial charge in [0.25, 0.3) is 10.0 Å². The number of aromatic amines is 1. The minimum absolute atomic E-state index is 0.0415. The summed E-state index contributed by atoms with van der Waals surface area (Å²) in [5.41, 5.74) is 6.02. The third-order valence-electron chi connectivity index (χ3n) is 2.34. The fourth-order valence-electron chi connectivity index (χ4n) is 1.44. The van der Waals surface area contributed by atoms with Crippen LogP contribution in [0.4, 0.5) is 10.1 Å². The number of rotatable bonds is 4. The van der Waals surface area contributed by atoms with Crippen molar-refractivity contribution in [3.05, 3.63) is 40.2 Å². The van der Waals surface area contributed by atoms with Gasteiger partial charge in [-0.2, -0.15) is 13.5 Å². The molecular weight excluding hydrogens is 339 g/mol. The maximum absolute atomic E-state index is 13.1. The lowest BCUT2D eigenvalue weighted by molar-refractivity contribution is 0.595. The Bertz CT molecular complexity index is 701. The van der Waals surface area contributed by atoms with Gasteiger partial charge >= 0.3 is 0 Å². The van der Waals surface area contributed by atoms with Gasteiger partial charge in [0.1, 0.15) is 5.82 Å². The van der Waals surface area contributed by atoms with Gasteiger partial charge in [0.2, 0.25) is 0 Å². The van der Waals surface area contributed by atoms with Crippen LogP contribution in [0, 0.1) is 5.82 Å². The number of aromatic nitrogens is 2. The summed E-state index contributed by atoms with van der Waals surface area (Å²) in [6.07, 6.45) is 1.34. The Morgan fingerprint density at radius 1 is 1.47 bits per heavy atom. The largest absolute Gasteiger partial charge is 0.326 e. The van der Waals surface area contributed by atoms with Gasteiger partial charge in [0.05, 0.1) is 16.4 Å². The zero-order valence-corrected chi connectivity index (χ0v) is 11.9. The molecule has 0 atom stereocenters. The van der Waals surface area contributed by atoms with Gasteiger partial charge in [0.15, 0.2) is 5.03 Å². The van der Waals surface area contributed by atoms with Crippen molar-refractivity contribution in [3.8, 4) is 0 Å². The van der Waals surface area contributed by atoms with Gasteiger partial charge in [-0.05, 0) is 34.1 Å². The molecule has 0 aliphatic heterocycles. The van der Waals surface area contributed by atoms with Gasteiger partial charge in [-0.3, -0.25) is 9.82 Å². The fraction of sp³-hybridized carbons (Fsp3) is 0.100. The van der Waals surface area contributed by atoms with Crippen molar-refractivity contribution in [2.75, 3.05) is 4.72 Å². The number of anilines is 1. The monoisotopic (exact) mass is 348 g/mol. The first-order chi connectivity index (χ1) is 8.94. The zero-order valence-electron chi connectivity index (χ0n) is 9.52. The molecule has 1 aromatic carbocycles. The third kappa shape index (κ3) is 2.94. The summed E-state index contributed by atoms with van der Waals surface area (Å²) in [7, 11) is -3.83. The molecule has 0 bridgehead atoms. The Balaban J connectivity index is 2.34. The second-order valence-electron chi connectivity index (χ2n) is 3.66. The Morgan fingerprint density at radius 2 is 2.21 bits per heavy atom. The Morgan fingerprint density at radius 3 is 2.84 bits per heavy atom. The van der Waals surface area contributed by atoms with E-state index < -0.39 is 15.8 Å². The second-order valence-corrected chi connectivity index (χ2v) is 6.14. The summed E-state index contributed by atoms with van der Waals surface area (Å²) in [5.74, 6) is -0.480. The molecule has 2 aromatic rings. The van der Waals surface area contributed by atoms with Crippen LogP contribution >= 0.6 is 15.9 Å². The number of benzene rings is 1. The molecular formula is C10H10BrFN4O2S. The molecule has 0 fully saturated rings. The topological polar surface area (TPSA) is 101 Å². The van der Waals surface area contributed by atoms with Crippen molar-refractivity contribution in [2.45, 2.75) is 11.6 Å². The predicted octanol–water partition coefficient (Wildman–Crippen LogP) is 1.57. The Kier molecular flexibility index (Phi) is 3.88. The highest BCUT2D eigenvalue weighted by atomic mass is 79.9. The molecule has 0 radical (unpaired) electrons. The predicted molar refractivity (Wildman–Crippen MR) is 71.4 cm³/mol. The van der Waals surface area contributed by atoms with Gasteiger partial charge < -0.3 is 5.73 Å². The summed E-state index contributed by atoms with van der Waals surface area (Å²) in [5, 5.41) is 5.91. The van der Waals surface area contributed by atoms with Crippen LogP contribution in [0.5, 0.6) is 0 Å². The van der Waals surface area contributed by atoms with Crippen LogP contribution in [0.25, 0.3) is 0 Å². The number of H-pyrrole nitrogens is 1. The van der Waals surface area contributed by atoms with Crippen molar-refractivity contribution < 1.29 is 12.8 Å². The van der Waals surface area contributed by atoms with Crippen LogP contribution in [0.2, 0.25) is 0 Å². The second kappa shape index (κ2) is 5.27. The maximum Gasteiger partial charge on any atom is 0.279 e. The van der Waals surface area contributed by atoms with Crippen molar-refractivity contribution in [2.24, 2.45) is 5.73 Å².